The number of H-pyrrole nitrogens is 2. The molecule has 6 aromatic rings. The molecular formula is C33H37FN10O. The second kappa shape index (κ2) is 12.2. The Balaban J connectivity index is 1.32. The number of rotatable bonds is 10. The molecule has 0 aliphatic carbocycles. The van der Waals surface area contributed by atoms with Gasteiger partial charge in [0.2, 0.25) is 0 Å². The van der Waals surface area contributed by atoms with E-state index in [2.05, 4.69) is 61.5 Å². The lowest BCUT2D eigenvalue weighted by Gasteiger charge is -2.23. The number of aliphatic hydroxyl groups is 1. The fraction of sp³-hybridized carbons (Fsp3) is 0.303. The number of nitrogens with zero attached hydrogens (tertiary/aromatic N) is 6. The average molecular weight is 609 g/mol. The van der Waals surface area contributed by atoms with E-state index in [9.17, 15) is 9.50 Å². The third-order valence-electron chi connectivity index (χ3n) is 7.30. The quantitative estimate of drug-likeness (QED) is 0.120. The highest BCUT2D eigenvalue weighted by molar-refractivity contribution is 5.96. The van der Waals surface area contributed by atoms with Crippen LogP contribution < -0.4 is 10.6 Å². The van der Waals surface area contributed by atoms with Gasteiger partial charge in [0, 0.05) is 42.3 Å². The Kier molecular flexibility index (Phi) is 8.17. The van der Waals surface area contributed by atoms with Crippen molar-refractivity contribution in [3.8, 4) is 33.9 Å². The Bertz CT molecular complexity index is 1960. The monoisotopic (exact) mass is 608 g/mol. The van der Waals surface area contributed by atoms with E-state index in [0.717, 1.165) is 17.6 Å². The summed E-state index contributed by atoms with van der Waals surface area (Å²) in [6.45, 7) is 7.74. The fourth-order valence-electron chi connectivity index (χ4n) is 5.23. The number of nitrogens with one attached hydrogen (secondary N) is 4. The second-order valence-electron chi connectivity index (χ2n) is 12.7. The molecule has 0 saturated heterocycles. The Morgan fingerprint density at radius 2 is 1.71 bits per heavy atom. The Labute approximate surface area is 260 Å². The van der Waals surface area contributed by atoms with E-state index in [1.54, 1.807) is 24.8 Å². The van der Waals surface area contributed by atoms with Crippen molar-refractivity contribution in [3.05, 3.63) is 67.0 Å². The van der Waals surface area contributed by atoms with Gasteiger partial charge in [-0.25, -0.2) is 14.4 Å². The van der Waals surface area contributed by atoms with E-state index < -0.39 is 6.23 Å². The number of imidazole rings is 1. The number of hydrogen-bond acceptors (Lipinski definition) is 9. The minimum atomic E-state index is -0.705. The van der Waals surface area contributed by atoms with Crippen molar-refractivity contribution in [1.29, 1.82) is 0 Å². The summed E-state index contributed by atoms with van der Waals surface area (Å²) in [7, 11) is 3.99. The predicted octanol–water partition coefficient (Wildman–Crippen LogP) is 5.90. The van der Waals surface area contributed by atoms with Crippen LogP contribution >= 0.6 is 0 Å². The van der Waals surface area contributed by atoms with Crippen molar-refractivity contribution in [3.63, 3.8) is 0 Å². The second-order valence-corrected chi connectivity index (χ2v) is 12.7. The minimum absolute atomic E-state index is 0.0293. The van der Waals surface area contributed by atoms with Crippen molar-refractivity contribution < 1.29 is 9.50 Å². The van der Waals surface area contributed by atoms with E-state index in [-0.39, 0.29) is 11.2 Å². The van der Waals surface area contributed by atoms with Crippen LogP contribution in [0.4, 0.5) is 15.8 Å². The van der Waals surface area contributed by atoms with Gasteiger partial charge < -0.3 is 25.6 Å². The number of hydrogen-bond donors (Lipinski definition) is 5. The smallest absolute Gasteiger partial charge is 0.161 e. The molecular weight excluding hydrogens is 571 g/mol. The minimum Gasteiger partial charge on any atom is -0.384 e. The maximum absolute atomic E-state index is 14.7. The highest BCUT2D eigenvalue weighted by Gasteiger charge is 2.19. The van der Waals surface area contributed by atoms with Crippen LogP contribution in [0.1, 0.15) is 27.2 Å². The van der Waals surface area contributed by atoms with Crippen LogP contribution in [0.3, 0.4) is 0 Å². The number of aliphatic hydroxyl groups excluding tert-OH is 1. The van der Waals surface area contributed by atoms with Crippen LogP contribution in [0, 0.1) is 11.2 Å². The molecule has 12 heteroatoms. The van der Waals surface area contributed by atoms with E-state index in [1.165, 1.54) is 12.1 Å². The van der Waals surface area contributed by atoms with Crippen molar-refractivity contribution in [2.24, 2.45) is 5.41 Å². The van der Waals surface area contributed by atoms with Crippen LogP contribution in [0.2, 0.25) is 0 Å². The van der Waals surface area contributed by atoms with Crippen LogP contribution in [-0.2, 0) is 0 Å². The third kappa shape index (κ3) is 6.92. The Morgan fingerprint density at radius 3 is 2.51 bits per heavy atom. The molecule has 5 aromatic heterocycles. The molecule has 1 atom stereocenters. The zero-order chi connectivity index (χ0) is 31.7. The first-order chi connectivity index (χ1) is 21.5. The average Bonchev–Trinajstić information content (AvgIpc) is 3.59. The third-order valence-corrected chi connectivity index (χ3v) is 7.30. The predicted molar refractivity (Wildman–Crippen MR) is 176 cm³/mol. The SMILES string of the molecule is CN(C)CCNc1cc(F)cc(-c2cncc3[nH]c(-c4n[nH]c5ccc(-c6cncc(NC(O)CC(C)(C)C)c6)nc45)nc23)c1. The van der Waals surface area contributed by atoms with Gasteiger partial charge in [-0.3, -0.25) is 15.1 Å². The number of fused-ring (bicyclic) bond motifs is 2. The highest BCUT2D eigenvalue weighted by atomic mass is 19.1. The van der Waals surface area contributed by atoms with E-state index in [0.29, 0.717) is 69.2 Å². The first kappa shape index (κ1) is 30.1. The molecule has 11 nitrogen and oxygen atoms in total. The van der Waals surface area contributed by atoms with E-state index in [1.807, 2.05) is 38.4 Å². The molecule has 0 amide bonds. The van der Waals surface area contributed by atoms with Crippen LogP contribution in [0.15, 0.2) is 61.2 Å². The molecule has 0 saturated carbocycles. The molecule has 0 fully saturated rings. The molecule has 0 aliphatic rings. The molecule has 45 heavy (non-hydrogen) atoms. The van der Waals surface area contributed by atoms with Crippen molar-refractivity contribution >= 4 is 33.4 Å². The molecule has 5 N–H and O–H groups in total. The molecule has 1 unspecified atom stereocenters. The summed E-state index contributed by atoms with van der Waals surface area (Å²) in [5, 5.41) is 24.5. The Morgan fingerprint density at radius 1 is 0.911 bits per heavy atom. The number of benzene rings is 1. The first-order valence-electron chi connectivity index (χ1n) is 14.8. The number of aromatic nitrogens is 7. The normalized spacial score (nSPS) is 12.7. The number of anilines is 2. The maximum Gasteiger partial charge on any atom is 0.161 e. The lowest BCUT2D eigenvalue weighted by Crippen LogP contribution is -2.25. The molecule has 6 rings (SSSR count). The summed E-state index contributed by atoms with van der Waals surface area (Å²) < 4.78 is 14.7. The van der Waals surface area contributed by atoms with Gasteiger partial charge >= 0.3 is 0 Å². The summed E-state index contributed by atoms with van der Waals surface area (Å²) in [5.74, 6) is 0.162. The lowest BCUT2D eigenvalue weighted by molar-refractivity contribution is 0.145. The molecule has 0 radical (unpaired) electrons. The van der Waals surface area contributed by atoms with Gasteiger partial charge in [-0.05, 0) is 67.9 Å². The van der Waals surface area contributed by atoms with Crippen molar-refractivity contribution in [1.82, 2.24) is 40.0 Å². The molecule has 0 spiro atoms. The van der Waals surface area contributed by atoms with E-state index >= 15 is 0 Å². The summed E-state index contributed by atoms with van der Waals surface area (Å²) in [6.07, 6.45) is 6.68. The number of aromatic amines is 2. The van der Waals surface area contributed by atoms with Crippen LogP contribution in [-0.4, -0.2) is 78.5 Å². The van der Waals surface area contributed by atoms with Crippen molar-refractivity contribution in [2.75, 3.05) is 37.8 Å². The number of halogens is 1. The van der Waals surface area contributed by atoms with Gasteiger partial charge in [0.05, 0.1) is 40.3 Å². The largest absolute Gasteiger partial charge is 0.384 e. The highest BCUT2D eigenvalue weighted by Crippen LogP contribution is 2.33. The summed E-state index contributed by atoms with van der Waals surface area (Å²) in [6, 6.07) is 10.6. The molecule has 0 aliphatic heterocycles. The van der Waals surface area contributed by atoms with Crippen molar-refractivity contribution in [2.45, 2.75) is 33.4 Å². The number of likely N-dealkylation sites (N-methyl/N-ethyl adjacent to an activating group) is 1. The van der Waals surface area contributed by atoms with Gasteiger partial charge in [-0.1, -0.05) is 20.8 Å². The van der Waals surface area contributed by atoms with Crippen LogP contribution in [0.5, 0.6) is 0 Å². The molecule has 232 valence electrons. The lowest BCUT2D eigenvalue weighted by atomic mass is 9.91. The molecule has 1 aromatic carbocycles. The zero-order valence-electron chi connectivity index (χ0n) is 26.0. The van der Waals surface area contributed by atoms with Gasteiger partial charge in [-0.15, -0.1) is 0 Å². The maximum atomic E-state index is 14.7. The first-order valence-corrected chi connectivity index (χ1v) is 14.8. The van der Waals surface area contributed by atoms with E-state index in [4.69, 9.17) is 9.97 Å². The summed E-state index contributed by atoms with van der Waals surface area (Å²) >= 11 is 0. The van der Waals surface area contributed by atoms with Gasteiger partial charge in [0.25, 0.3) is 0 Å². The zero-order valence-corrected chi connectivity index (χ0v) is 26.0. The summed E-state index contributed by atoms with van der Waals surface area (Å²) in [5.41, 5.74) is 7.46. The fourth-order valence-corrected chi connectivity index (χ4v) is 5.23. The van der Waals surface area contributed by atoms with Gasteiger partial charge in [0.15, 0.2) is 11.5 Å². The molecule has 5 heterocycles. The number of pyridine rings is 3. The molecule has 0 bridgehead atoms. The van der Waals surface area contributed by atoms with Crippen LogP contribution in [0.25, 0.3) is 56.0 Å². The topological polar surface area (TPSA) is 144 Å². The Hall–Kier alpha value is -4.94. The van der Waals surface area contributed by atoms with Gasteiger partial charge in [-0.2, -0.15) is 5.10 Å². The summed E-state index contributed by atoms with van der Waals surface area (Å²) in [4.78, 5) is 24.0. The standard InChI is InChI=1S/C33H37FN10O/c1-33(2,3)14-28(45)38-23-12-20(15-35-16-23)25-6-7-26-30(39-25)31(43-42-26)32-40-27-18-36-17-24(29(27)41-32)19-10-21(34)13-22(11-19)37-8-9-44(4)5/h6-7,10-13,15-18,28,37-38,45H,8-9,14H2,1-5H3,(H,40,41)(H,42,43). The van der Waals surface area contributed by atoms with Gasteiger partial charge in [0.1, 0.15) is 17.6 Å².